The molecule has 1 fully saturated rings. The van der Waals surface area contributed by atoms with Crippen LogP contribution in [0.4, 0.5) is 0 Å². The minimum Gasteiger partial charge on any atom is -0.504 e. The second kappa shape index (κ2) is 7.49. The molecule has 0 spiro atoms. The molecule has 1 saturated carbocycles. The number of fused-ring (bicyclic) bond motifs is 1. The third-order valence-electron chi connectivity index (χ3n) is 5.45. The first kappa shape index (κ1) is 19.7. The number of nitrogens with zero attached hydrogens (tertiary/aromatic N) is 5. The molecular weight excluding hydrogens is 410 g/mol. The lowest BCUT2D eigenvalue weighted by atomic mass is 10.1. The van der Waals surface area contributed by atoms with E-state index in [1.165, 1.54) is 10.9 Å². The quantitative estimate of drug-likeness (QED) is 0.425. The number of hydrogen-bond donors (Lipinski definition) is 3. The maximum atomic E-state index is 13.0. The van der Waals surface area contributed by atoms with Gasteiger partial charge in [-0.15, -0.1) is 0 Å². The molecule has 0 bridgehead atoms. The highest BCUT2D eigenvalue weighted by molar-refractivity contribution is 6.07. The van der Waals surface area contributed by atoms with Crippen LogP contribution < -0.4 is 10.9 Å². The van der Waals surface area contributed by atoms with E-state index in [0.29, 0.717) is 33.9 Å². The Morgan fingerprint density at radius 2 is 1.81 bits per heavy atom. The summed E-state index contributed by atoms with van der Waals surface area (Å²) in [5.74, 6) is -1.19. The van der Waals surface area contributed by atoms with Gasteiger partial charge in [-0.05, 0) is 38.0 Å². The Balaban J connectivity index is 1.38. The van der Waals surface area contributed by atoms with Crippen molar-refractivity contribution in [2.24, 2.45) is 7.05 Å². The van der Waals surface area contributed by atoms with E-state index in [0.717, 1.165) is 18.5 Å². The number of carbonyl (C=O) groups excluding carboxylic acids is 2. The number of aromatic hydroxyl groups is 1. The van der Waals surface area contributed by atoms with Crippen LogP contribution >= 0.6 is 0 Å². The predicted molar refractivity (Wildman–Crippen MR) is 115 cm³/mol. The number of carbonyl (C=O) groups is 2. The van der Waals surface area contributed by atoms with Gasteiger partial charge in [0.05, 0.1) is 28.5 Å². The van der Waals surface area contributed by atoms with Crippen LogP contribution in [0.1, 0.15) is 51.0 Å². The smallest absolute Gasteiger partial charge is 0.294 e. The van der Waals surface area contributed by atoms with Crippen LogP contribution in [0.2, 0.25) is 0 Å². The molecule has 2 amide bonds. The molecule has 3 aromatic heterocycles. The van der Waals surface area contributed by atoms with E-state index in [4.69, 9.17) is 0 Å². The Labute approximate surface area is 182 Å². The van der Waals surface area contributed by atoms with Crippen molar-refractivity contribution in [3.8, 4) is 11.4 Å². The molecule has 3 heterocycles. The number of hydrogen-bond acceptors (Lipinski definition) is 6. The fraction of sp³-hybridized carbons (Fsp3) is 0.227. The summed E-state index contributed by atoms with van der Waals surface area (Å²) in [6.45, 7) is 1.81. The van der Waals surface area contributed by atoms with E-state index in [-0.39, 0.29) is 11.4 Å². The maximum Gasteiger partial charge on any atom is 0.294 e. The molecule has 162 valence electrons. The highest BCUT2D eigenvalue weighted by atomic mass is 16.3. The lowest BCUT2D eigenvalue weighted by molar-refractivity contribution is 0.0843. The number of rotatable bonds is 4. The summed E-state index contributed by atoms with van der Waals surface area (Å²) in [6, 6.07) is 10.8. The zero-order valence-electron chi connectivity index (χ0n) is 17.5. The zero-order chi connectivity index (χ0) is 22.4. The number of aromatic nitrogens is 5. The van der Waals surface area contributed by atoms with Crippen LogP contribution in [-0.4, -0.2) is 41.5 Å². The molecule has 10 nitrogen and oxygen atoms in total. The van der Waals surface area contributed by atoms with E-state index in [2.05, 4.69) is 26.0 Å². The third kappa shape index (κ3) is 3.45. The largest absolute Gasteiger partial charge is 0.504 e. The minimum atomic E-state index is -0.735. The molecule has 0 saturated heterocycles. The van der Waals surface area contributed by atoms with E-state index in [9.17, 15) is 14.7 Å². The molecule has 1 aliphatic rings. The highest BCUT2D eigenvalue weighted by Crippen LogP contribution is 2.40. The van der Waals surface area contributed by atoms with Gasteiger partial charge < -0.3 is 5.11 Å². The molecule has 10 heteroatoms. The second-order valence-corrected chi connectivity index (χ2v) is 7.83. The lowest BCUT2D eigenvalue weighted by Crippen LogP contribution is -2.42. The molecule has 0 aliphatic heterocycles. The van der Waals surface area contributed by atoms with Gasteiger partial charge in [0.25, 0.3) is 11.8 Å². The summed E-state index contributed by atoms with van der Waals surface area (Å²) in [7, 11) is 1.79. The van der Waals surface area contributed by atoms with Crippen molar-refractivity contribution < 1.29 is 14.7 Å². The van der Waals surface area contributed by atoms with Crippen LogP contribution in [0.3, 0.4) is 0 Å². The predicted octanol–water partition coefficient (Wildman–Crippen LogP) is 2.12. The summed E-state index contributed by atoms with van der Waals surface area (Å²) >= 11 is 0. The standard InChI is InChI=1S/C22H21N7O3/c1-12-18-15(10-16(13-8-9-13)23-20(18)28(2)26-12)21(31)24-25-22(32)19-17(30)11-29(27-19)14-6-4-3-5-7-14/h3-7,10-11,13,30H,8-9H2,1-2H3,(H,24,31)(H,25,32). The van der Waals surface area contributed by atoms with E-state index < -0.39 is 11.8 Å². The average Bonchev–Trinajstić information content (AvgIpc) is 3.52. The van der Waals surface area contributed by atoms with Gasteiger partial charge in [0, 0.05) is 18.7 Å². The molecule has 4 aromatic rings. The fourth-order valence-electron chi connectivity index (χ4n) is 3.71. The number of para-hydroxylation sites is 1. The van der Waals surface area contributed by atoms with Crippen molar-refractivity contribution in [2.75, 3.05) is 0 Å². The topological polar surface area (TPSA) is 127 Å². The lowest BCUT2D eigenvalue weighted by Gasteiger charge is -2.09. The Hall–Kier alpha value is -4.21. The van der Waals surface area contributed by atoms with E-state index >= 15 is 0 Å². The van der Waals surface area contributed by atoms with Crippen LogP contribution in [0.5, 0.6) is 5.75 Å². The molecular formula is C22H21N7O3. The molecule has 5 rings (SSSR count). The van der Waals surface area contributed by atoms with Crippen LogP contribution in [0.25, 0.3) is 16.7 Å². The van der Waals surface area contributed by atoms with Gasteiger partial charge >= 0.3 is 0 Å². The normalized spacial score (nSPS) is 13.3. The van der Waals surface area contributed by atoms with Crippen LogP contribution in [0, 0.1) is 6.92 Å². The van der Waals surface area contributed by atoms with Crippen molar-refractivity contribution in [3.05, 3.63) is 65.2 Å². The molecule has 32 heavy (non-hydrogen) atoms. The van der Waals surface area contributed by atoms with Crippen LogP contribution in [-0.2, 0) is 7.05 Å². The highest BCUT2D eigenvalue weighted by Gasteiger charge is 2.28. The Bertz CT molecular complexity index is 1350. The molecule has 0 unspecified atom stereocenters. The van der Waals surface area contributed by atoms with Gasteiger partial charge in [-0.25, -0.2) is 9.67 Å². The average molecular weight is 431 g/mol. The summed E-state index contributed by atoms with van der Waals surface area (Å²) in [6.07, 6.45) is 3.41. The van der Waals surface area contributed by atoms with E-state index in [1.54, 1.807) is 29.9 Å². The molecule has 1 aromatic carbocycles. The van der Waals surface area contributed by atoms with Crippen molar-refractivity contribution in [3.63, 3.8) is 0 Å². The summed E-state index contributed by atoms with van der Waals surface area (Å²) in [4.78, 5) is 30.2. The van der Waals surface area contributed by atoms with Gasteiger partial charge in [-0.2, -0.15) is 10.2 Å². The van der Waals surface area contributed by atoms with Crippen molar-refractivity contribution in [1.29, 1.82) is 0 Å². The van der Waals surface area contributed by atoms with Gasteiger partial charge in [-0.3, -0.25) is 25.1 Å². The molecule has 1 aliphatic carbocycles. The second-order valence-electron chi connectivity index (χ2n) is 7.83. The zero-order valence-corrected chi connectivity index (χ0v) is 17.5. The summed E-state index contributed by atoms with van der Waals surface area (Å²) in [5.41, 5.74) is 7.78. The van der Waals surface area contributed by atoms with Gasteiger partial charge in [0.15, 0.2) is 17.1 Å². The third-order valence-corrected chi connectivity index (χ3v) is 5.45. The van der Waals surface area contributed by atoms with Crippen molar-refractivity contribution in [1.82, 2.24) is 35.4 Å². The Morgan fingerprint density at radius 1 is 1.09 bits per heavy atom. The first-order chi connectivity index (χ1) is 15.4. The Kier molecular flexibility index (Phi) is 4.62. The van der Waals surface area contributed by atoms with Gasteiger partial charge in [0.1, 0.15) is 0 Å². The number of benzene rings is 1. The molecule has 3 N–H and O–H groups in total. The van der Waals surface area contributed by atoms with Gasteiger partial charge in [-0.1, -0.05) is 18.2 Å². The maximum absolute atomic E-state index is 13.0. The number of pyridine rings is 1. The molecule has 0 atom stereocenters. The van der Waals surface area contributed by atoms with Crippen molar-refractivity contribution in [2.45, 2.75) is 25.7 Å². The molecule has 0 radical (unpaired) electrons. The number of nitrogens with one attached hydrogen (secondary N) is 2. The summed E-state index contributed by atoms with van der Waals surface area (Å²) < 4.78 is 3.04. The van der Waals surface area contributed by atoms with Gasteiger partial charge in [0.2, 0.25) is 0 Å². The Morgan fingerprint density at radius 3 is 2.53 bits per heavy atom. The van der Waals surface area contributed by atoms with Crippen LogP contribution in [0.15, 0.2) is 42.6 Å². The first-order valence-electron chi connectivity index (χ1n) is 10.2. The summed E-state index contributed by atoms with van der Waals surface area (Å²) in [5, 5.41) is 19.3. The minimum absolute atomic E-state index is 0.203. The fourth-order valence-corrected chi connectivity index (χ4v) is 3.71. The van der Waals surface area contributed by atoms with E-state index in [1.807, 2.05) is 25.1 Å². The SMILES string of the molecule is Cc1nn(C)c2nc(C3CC3)cc(C(=O)NNC(=O)c3nn(-c4ccccc4)cc3O)c12. The van der Waals surface area contributed by atoms with Crippen molar-refractivity contribution >= 4 is 22.8 Å². The number of amides is 2. The number of hydrazine groups is 1. The monoisotopic (exact) mass is 431 g/mol. The number of aryl methyl sites for hydroxylation is 2. The first-order valence-corrected chi connectivity index (χ1v) is 10.2.